The Morgan fingerprint density at radius 1 is 1.15 bits per heavy atom. The van der Waals surface area contributed by atoms with Crippen molar-refractivity contribution in [3.8, 4) is 16.9 Å². The van der Waals surface area contributed by atoms with E-state index in [0.717, 1.165) is 35.5 Å². The summed E-state index contributed by atoms with van der Waals surface area (Å²) in [5.74, 6) is 0.536. The Morgan fingerprint density at radius 2 is 1.81 bits per heavy atom. The molecule has 0 aliphatic carbocycles. The zero-order valence-electron chi connectivity index (χ0n) is 16.2. The smallest absolute Gasteiger partial charge is 0.319 e. The van der Waals surface area contributed by atoms with Crippen LogP contribution in [0.15, 0.2) is 30.3 Å². The first-order chi connectivity index (χ1) is 12.3. The predicted octanol–water partition coefficient (Wildman–Crippen LogP) is 3.61. The Morgan fingerprint density at radius 3 is 2.31 bits per heavy atom. The van der Waals surface area contributed by atoms with Crippen LogP contribution in [0, 0.1) is 6.92 Å². The summed E-state index contributed by atoms with van der Waals surface area (Å²) >= 11 is 0. The van der Waals surface area contributed by atoms with Crippen molar-refractivity contribution in [2.45, 2.75) is 20.8 Å². The van der Waals surface area contributed by atoms with E-state index >= 15 is 0 Å². The molecular formula is C20H28N4O2. The molecule has 26 heavy (non-hydrogen) atoms. The fourth-order valence-electron chi connectivity index (χ4n) is 3.18. The van der Waals surface area contributed by atoms with Crippen LogP contribution in [0.2, 0.25) is 0 Å². The molecule has 140 valence electrons. The molecule has 0 aliphatic rings. The summed E-state index contributed by atoms with van der Waals surface area (Å²) in [6.45, 7) is 8.18. The third kappa shape index (κ3) is 3.54. The standard InChI is InChI=1S/C20H28N4O2/c1-6-24(7-2)14-8-9-15(13(3)12-14)18-17(23(4)20(22)25)11-10-16(21)19(18)26-5/h8-12H,6-7,21H2,1-5H3,(H2,22,25). The van der Waals surface area contributed by atoms with Gasteiger partial charge in [0.05, 0.1) is 24.0 Å². The van der Waals surface area contributed by atoms with E-state index < -0.39 is 6.03 Å². The van der Waals surface area contributed by atoms with Gasteiger partial charge in [-0.2, -0.15) is 0 Å². The summed E-state index contributed by atoms with van der Waals surface area (Å²) in [5.41, 5.74) is 16.7. The Hall–Kier alpha value is -2.89. The van der Waals surface area contributed by atoms with Crippen molar-refractivity contribution in [2.75, 3.05) is 42.8 Å². The molecule has 0 unspecified atom stereocenters. The van der Waals surface area contributed by atoms with Gasteiger partial charge in [0.1, 0.15) is 0 Å². The van der Waals surface area contributed by atoms with Gasteiger partial charge in [0.2, 0.25) is 0 Å². The number of nitrogens with zero attached hydrogens (tertiary/aromatic N) is 2. The highest BCUT2D eigenvalue weighted by atomic mass is 16.5. The number of urea groups is 1. The van der Waals surface area contributed by atoms with Crippen LogP contribution in [0.25, 0.3) is 11.1 Å². The fourth-order valence-corrected chi connectivity index (χ4v) is 3.18. The number of hydrogen-bond acceptors (Lipinski definition) is 4. The number of nitrogens with two attached hydrogens (primary N) is 2. The average Bonchev–Trinajstić information content (AvgIpc) is 2.62. The summed E-state index contributed by atoms with van der Waals surface area (Å²) in [6, 6.07) is 9.21. The molecule has 0 bridgehead atoms. The van der Waals surface area contributed by atoms with E-state index in [4.69, 9.17) is 16.2 Å². The molecule has 2 amide bonds. The van der Waals surface area contributed by atoms with Crippen molar-refractivity contribution in [1.82, 2.24) is 0 Å². The first-order valence-corrected chi connectivity index (χ1v) is 8.71. The van der Waals surface area contributed by atoms with E-state index in [0.29, 0.717) is 17.1 Å². The van der Waals surface area contributed by atoms with Crippen LogP contribution in [-0.2, 0) is 0 Å². The van der Waals surface area contributed by atoms with E-state index in [1.807, 2.05) is 13.0 Å². The number of carbonyl (C=O) groups excluding carboxylic acids is 1. The van der Waals surface area contributed by atoms with E-state index in [1.54, 1.807) is 26.3 Å². The zero-order valence-corrected chi connectivity index (χ0v) is 16.2. The molecule has 2 aromatic carbocycles. The Balaban J connectivity index is 2.70. The van der Waals surface area contributed by atoms with E-state index in [1.165, 1.54) is 4.90 Å². The lowest BCUT2D eigenvalue weighted by atomic mass is 9.96. The van der Waals surface area contributed by atoms with Crippen molar-refractivity contribution < 1.29 is 9.53 Å². The van der Waals surface area contributed by atoms with Gasteiger partial charge in [0.25, 0.3) is 0 Å². The third-order valence-electron chi connectivity index (χ3n) is 4.67. The fraction of sp³-hybridized carbons (Fsp3) is 0.350. The van der Waals surface area contributed by atoms with Crippen molar-refractivity contribution in [2.24, 2.45) is 5.73 Å². The van der Waals surface area contributed by atoms with Gasteiger partial charge in [-0.25, -0.2) is 4.79 Å². The minimum Gasteiger partial charge on any atom is -0.494 e. The van der Waals surface area contributed by atoms with Gasteiger partial charge in [0, 0.05) is 25.8 Å². The lowest BCUT2D eigenvalue weighted by molar-refractivity contribution is 0.255. The lowest BCUT2D eigenvalue weighted by Gasteiger charge is -2.25. The van der Waals surface area contributed by atoms with Crippen LogP contribution in [0.3, 0.4) is 0 Å². The van der Waals surface area contributed by atoms with Crippen LogP contribution in [0.5, 0.6) is 5.75 Å². The molecule has 4 N–H and O–H groups in total. The molecule has 2 rings (SSSR count). The van der Waals surface area contributed by atoms with Gasteiger partial charge in [0.15, 0.2) is 5.75 Å². The Labute approximate surface area is 155 Å². The van der Waals surface area contributed by atoms with Gasteiger partial charge in [-0.3, -0.25) is 4.90 Å². The Bertz CT molecular complexity index is 801. The highest BCUT2D eigenvalue weighted by Gasteiger charge is 2.21. The van der Waals surface area contributed by atoms with Crippen LogP contribution in [0.4, 0.5) is 21.9 Å². The van der Waals surface area contributed by atoms with Gasteiger partial charge >= 0.3 is 6.03 Å². The molecule has 2 aromatic rings. The number of carbonyl (C=O) groups is 1. The molecule has 0 aromatic heterocycles. The van der Waals surface area contributed by atoms with Crippen molar-refractivity contribution in [3.63, 3.8) is 0 Å². The van der Waals surface area contributed by atoms with E-state index in [2.05, 4.69) is 30.9 Å². The molecule has 0 fully saturated rings. The van der Waals surface area contributed by atoms with Crippen molar-refractivity contribution in [1.29, 1.82) is 0 Å². The van der Waals surface area contributed by atoms with Crippen LogP contribution in [-0.4, -0.2) is 33.3 Å². The summed E-state index contributed by atoms with van der Waals surface area (Å²) in [5, 5.41) is 0. The molecule has 6 heteroatoms. The van der Waals surface area contributed by atoms with Gasteiger partial charge in [-0.15, -0.1) is 0 Å². The summed E-state index contributed by atoms with van der Waals surface area (Å²) in [7, 11) is 3.21. The highest BCUT2D eigenvalue weighted by Crippen LogP contribution is 2.44. The summed E-state index contributed by atoms with van der Waals surface area (Å²) in [4.78, 5) is 15.4. The number of ether oxygens (including phenoxy) is 1. The maximum absolute atomic E-state index is 11.7. The molecule has 0 radical (unpaired) electrons. The maximum atomic E-state index is 11.7. The molecular weight excluding hydrogens is 328 g/mol. The number of anilines is 3. The summed E-state index contributed by atoms with van der Waals surface area (Å²) in [6.07, 6.45) is 0. The van der Waals surface area contributed by atoms with Gasteiger partial charge < -0.3 is 21.1 Å². The quantitative estimate of drug-likeness (QED) is 0.774. The topological polar surface area (TPSA) is 84.8 Å². The number of aryl methyl sites for hydroxylation is 1. The second-order valence-corrected chi connectivity index (χ2v) is 6.15. The largest absolute Gasteiger partial charge is 0.494 e. The number of methoxy groups -OCH3 is 1. The number of amides is 2. The molecule has 0 saturated carbocycles. The highest BCUT2D eigenvalue weighted by molar-refractivity contribution is 5.99. The van der Waals surface area contributed by atoms with E-state index in [9.17, 15) is 4.79 Å². The second-order valence-electron chi connectivity index (χ2n) is 6.15. The lowest BCUT2D eigenvalue weighted by Crippen LogP contribution is -2.32. The van der Waals surface area contributed by atoms with E-state index in [-0.39, 0.29) is 0 Å². The predicted molar refractivity (Wildman–Crippen MR) is 109 cm³/mol. The number of primary amides is 1. The van der Waals surface area contributed by atoms with Crippen molar-refractivity contribution in [3.05, 3.63) is 35.9 Å². The zero-order chi connectivity index (χ0) is 19.4. The Kier molecular flexibility index (Phi) is 5.97. The molecule has 0 saturated heterocycles. The third-order valence-corrected chi connectivity index (χ3v) is 4.67. The minimum atomic E-state index is -0.546. The normalized spacial score (nSPS) is 10.5. The number of benzene rings is 2. The van der Waals surface area contributed by atoms with Crippen molar-refractivity contribution >= 4 is 23.1 Å². The average molecular weight is 356 g/mol. The summed E-state index contributed by atoms with van der Waals surface area (Å²) < 4.78 is 5.56. The first-order valence-electron chi connectivity index (χ1n) is 8.71. The van der Waals surface area contributed by atoms with Gasteiger partial charge in [-0.05, 0) is 56.2 Å². The number of rotatable bonds is 6. The molecule has 6 nitrogen and oxygen atoms in total. The minimum absolute atomic E-state index is 0.510. The van der Waals surface area contributed by atoms with Gasteiger partial charge in [-0.1, -0.05) is 6.07 Å². The van der Waals surface area contributed by atoms with Crippen LogP contribution < -0.4 is 26.0 Å². The van der Waals surface area contributed by atoms with Crippen LogP contribution >= 0.6 is 0 Å². The first kappa shape index (κ1) is 19.4. The molecule has 0 spiro atoms. The molecule has 0 heterocycles. The second kappa shape index (κ2) is 7.99. The monoisotopic (exact) mass is 356 g/mol. The van der Waals surface area contributed by atoms with Crippen LogP contribution in [0.1, 0.15) is 19.4 Å². The number of hydrogen-bond donors (Lipinski definition) is 2. The number of nitrogen functional groups attached to an aromatic ring is 1. The SMILES string of the molecule is CCN(CC)c1ccc(-c2c(N(C)C(N)=O)ccc(N)c2OC)c(C)c1. The molecule has 0 atom stereocenters. The molecule has 0 aliphatic heterocycles. The maximum Gasteiger partial charge on any atom is 0.319 e.